The molecule has 0 atom stereocenters. The lowest BCUT2D eigenvalue weighted by Crippen LogP contribution is -2.31. The number of benzene rings is 2. The van der Waals surface area contributed by atoms with Gasteiger partial charge in [0.05, 0.1) is 4.90 Å². The normalized spacial score (nSPS) is 11.5. The Kier molecular flexibility index (Phi) is 7.32. The third kappa shape index (κ3) is 6.25. The molecule has 2 rings (SSSR count). The number of likely N-dealkylation sites (N-methyl/N-ethyl adjacent to an activating group) is 1. The van der Waals surface area contributed by atoms with Crippen molar-refractivity contribution in [1.29, 1.82) is 0 Å². The number of nitrogens with one attached hydrogen (secondary N) is 2. The Morgan fingerprint density at radius 3 is 2.23 bits per heavy atom. The molecule has 1 amide bonds. The van der Waals surface area contributed by atoms with Gasteiger partial charge in [0.1, 0.15) is 0 Å². The van der Waals surface area contributed by atoms with Crippen LogP contribution in [0.2, 0.25) is 0 Å². The first kappa shape index (κ1) is 20.1. The van der Waals surface area contributed by atoms with Crippen LogP contribution in [0.25, 0.3) is 0 Å². The Morgan fingerprint density at radius 1 is 0.962 bits per heavy atom. The van der Waals surface area contributed by atoms with E-state index in [1.807, 2.05) is 49.3 Å². The average molecular weight is 375 g/mol. The predicted octanol–water partition coefficient (Wildman–Crippen LogP) is 1.50. The summed E-state index contributed by atoms with van der Waals surface area (Å²) in [6.45, 7) is 1.59. The lowest BCUT2D eigenvalue weighted by Gasteiger charge is -2.11. The Morgan fingerprint density at radius 2 is 1.62 bits per heavy atom. The van der Waals surface area contributed by atoms with Crippen molar-refractivity contribution >= 4 is 15.9 Å². The van der Waals surface area contributed by atoms with Gasteiger partial charge in [0.2, 0.25) is 10.0 Å². The number of carbonyl (C=O) groups excluding carboxylic acids is 1. The molecule has 0 aliphatic rings. The standard InChI is InChI=1S/C19H25N3O3S/c1-22(2)15-14-20-19(23)17-8-10-18(11-9-17)26(24,25)21-13-12-16-6-4-3-5-7-16/h3-11,21H,12-15H2,1-2H3,(H,20,23). The van der Waals surface area contributed by atoms with Gasteiger partial charge in [-0.25, -0.2) is 13.1 Å². The third-order valence-corrected chi connectivity index (χ3v) is 5.30. The smallest absolute Gasteiger partial charge is 0.251 e. The molecule has 0 spiro atoms. The molecule has 7 heteroatoms. The van der Waals surface area contributed by atoms with E-state index in [0.717, 1.165) is 12.1 Å². The van der Waals surface area contributed by atoms with Crippen LogP contribution in [0, 0.1) is 0 Å². The van der Waals surface area contributed by atoms with E-state index in [4.69, 9.17) is 0 Å². The second-order valence-electron chi connectivity index (χ2n) is 6.22. The van der Waals surface area contributed by atoms with Crippen molar-refractivity contribution in [1.82, 2.24) is 14.9 Å². The van der Waals surface area contributed by atoms with Crippen molar-refractivity contribution in [2.24, 2.45) is 0 Å². The van der Waals surface area contributed by atoms with Gasteiger partial charge in [0.15, 0.2) is 0 Å². The molecule has 0 saturated heterocycles. The van der Waals surface area contributed by atoms with E-state index in [1.54, 1.807) is 0 Å². The van der Waals surface area contributed by atoms with Gasteiger partial charge in [0, 0.05) is 25.2 Å². The number of hydrogen-bond donors (Lipinski definition) is 2. The molecule has 0 radical (unpaired) electrons. The van der Waals surface area contributed by atoms with Crippen LogP contribution in [0.1, 0.15) is 15.9 Å². The molecule has 2 N–H and O–H groups in total. The van der Waals surface area contributed by atoms with E-state index < -0.39 is 10.0 Å². The zero-order valence-electron chi connectivity index (χ0n) is 15.1. The number of sulfonamides is 1. The van der Waals surface area contributed by atoms with Crippen LogP contribution in [0.5, 0.6) is 0 Å². The maximum absolute atomic E-state index is 12.3. The van der Waals surface area contributed by atoms with Crippen molar-refractivity contribution in [2.45, 2.75) is 11.3 Å². The monoisotopic (exact) mass is 375 g/mol. The van der Waals surface area contributed by atoms with E-state index in [0.29, 0.717) is 25.1 Å². The topological polar surface area (TPSA) is 78.5 Å². The summed E-state index contributed by atoms with van der Waals surface area (Å²) in [5.41, 5.74) is 1.51. The van der Waals surface area contributed by atoms with Gasteiger partial charge in [-0.15, -0.1) is 0 Å². The summed E-state index contributed by atoms with van der Waals surface area (Å²) in [4.78, 5) is 14.1. The Balaban J connectivity index is 1.90. The summed E-state index contributed by atoms with van der Waals surface area (Å²) in [6, 6.07) is 15.6. The highest BCUT2D eigenvalue weighted by atomic mass is 32.2. The van der Waals surface area contributed by atoms with Gasteiger partial charge in [-0.3, -0.25) is 4.79 Å². The van der Waals surface area contributed by atoms with Crippen LogP contribution < -0.4 is 10.0 Å². The lowest BCUT2D eigenvalue weighted by atomic mass is 10.2. The summed E-state index contributed by atoms with van der Waals surface area (Å²) in [6.07, 6.45) is 0.617. The summed E-state index contributed by atoms with van der Waals surface area (Å²) in [5.74, 6) is -0.215. The first-order valence-electron chi connectivity index (χ1n) is 8.45. The molecule has 0 bridgehead atoms. The fourth-order valence-electron chi connectivity index (χ4n) is 2.34. The van der Waals surface area contributed by atoms with Crippen molar-refractivity contribution in [3.8, 4) is 0 Å². The van der Waals surface area contributed by atoms with Gasteiger partial charge in [-0.2, -0.15) is 0 Å². The largest absolute Gasteiger partial charge is 0.351 e. The van der Waals surface area contributed by atoms with Gasteiger partial charge < -0.3 is 10.2 Å². The Bertz CT molecular complexity index is 804. The molecule has 0 fully saturated rings. The lowest BCUT2D eigenvalue weighted by molar-refractivity contribution is 0.0951. The zero-order chi connectivity index (χ0) is 19.0. The molecule has 0 unspecified atom stereocenters. The van der Waals surface area contributed by atoms with E-state index in [9.17, 15) is 13.2 Å². The minimum atomic E-state index is -3.59. The number of rotatable bonds is 9. The van der Waals surface area contributed by atoms with Crippen molar-refractivity contribution in [2.75, 3.05) is 33.7 Å². The van der Waals surface area contributed by atoms with E-state index >= 15 is 0 Å². The van der Waals surface area contributed by atoms with Gasteiger partial charge in [0.25, 0.3) is 5.91 Å². The molecule has 6 nitrogen and oxygen atoms in total. The molecule has 140 valence electrons. The van der Waals surface area contributed by atoms with Crippen LogP contribution in [0.15, 0.2) is 59.5 Å². The second-order valence-corrected chi connectivity index (χ2v) is 7.98. The fourth-order valence-corrected chi connectivity index (χ4v) is 3.37. The first-order valence-corrected chi connectivity index (χ1v) is 9.93. The molecule has 26 heavy (non-hydrogen) atoms. The number of nitrogens with zero attached hydrogens (tertiary/aromatic N) is 1. The number of amides is 1. The molecule has 2 aromatic carbocycles. The minimum absolute atomic E-state index is 0.149. The van der Waals surface area contributed by atoms with Gasteiger partial charge in [-0.05, 0) is 50.3 Å². The molecule has 2 aromatic rings. The first-order chi connectivity index (χ1) is 12.4. The molecular weight excluding hydrogens is 350 g/mol. The second kappa shape index (κ2) is 9.47. The highest BCUT2D eigenvalue weighted by molar-refractivity contribution is 7.89. The Hall–Kier alpha value is -2.22. The van der Waals surface area contributed by atoms with Crippen LogP contribution in [-0.2, 0) is 16.4 Å². The Labute approximate surface area is 155 Å². The van der Waals surface area contributed by atoms with Crippen LogP contribution in [-0.4, -0.2) is 53.0 Å². The molecule has 0 aliphatic carbocycles. The number of hydrogen-bond acceptors (Lipinski definition) is 4. The summed E-state index contributed by atoms with van der Waals surface area (Å²) < 4.78 is 27.3. The van der Waals surface area contributed by atoms with Crippen molar-refractivity contribution < 1.29 is 13.2 Å². The quantitative estimate of drug-likeness (QED) is 0.696. The van der Waals surface area contributed by atoms with E-state index in [2.05, 4.69) is 10.0 Å². The van der Waals surface area contributed by atoms with E-state index in [-0.39, 0.29) is 10.8 Å². The van der Waals surface area contributed by atoms with E-state index in [1.165, 1.54) is 24.3 Å². The SMILES string of the molecule is CN(C)CCNC(=O)c1ccc(S(=O)(=O)NCCc2ccccc2)cc1. The molecular formula is C19H25N3O3S. The highest BCUT2D eigenvalue weighted by Crippen LogP contribution is 2.11. The summed E-state index contributed by atoms with van der Waals surface area (Å²) in [5, 5.41) is 2.80. The molecule has 0 saturated carbocycles. The average Bonchev–Trinajstić information content (AvgIpc) is 2.62. The third-order valence-electron chi connectivity index (χ3n) is 3.82. The van der Waals surface area contributed by atoms with Crippen LogP contribution >= 0.6 is 0 Å². The van der Waals surface area contributed by atoms with Crippen molar-refractivity contribution in [3.63, 3.8) is 0 Å². The maximum Gasteiger partial charge on any atom is 0.251 e. The van der Waals surface area contributed by atoms with Crippen LogP contribution in [0.3, 0.4) is 0 Å². The fraction of sp³-hybridized carbons (Fsp3) is 0.316. The van der Waals surface area contributed by atoms with Crippen LogP contribution in [0.4, 0.5) is 0 Å². The minimum Gasteiger partial charge on any atom is -0.351 e. The summed E-state index contributed by atoms with van der Waals surface area (Å²) >= 11 is 0. The number of carbonyl (C=O) groups is 1. The molecule has 0 aliphatic heterocycles. The maximum atomic E-state index is 12.3. The summed E-state index contributed by atoms with van der Waals surface area (Å²) in [7, 11) is 0.265. The van der Waals surface area contributed by atoms with Gasteiger partial charge >= 0.3 is 0 Å². The van der Waals surface area contributed by atoms with Crippen molar-refractivity contribution in [3.05, 3.63) is 65.7 Å². The zero-order valence-corrected chi connectivity index (χ0v) is 15.9. The van der Waals surface area contributed by atoms with Gasteiger partial charge in [-0.1, -0.05) is 30.3 Å². The predicted molar refractivity (Wildman–Crippen MR) is 103 cm³/mol. The molecule has 0 heterocycles. The highest BCUT2D eigenvalue weighted by Gasteiger charge is 2.14. The molecule has 0 aromatic heterocycles.